The Morgan fingerprint density at radius 2 is 1.95 bits per heavy atom. The van der Waals surface area contributed by atoms with Gasteiger partial charge in [0.15, 0.2) is 5.78 Å². The van der Waals surface area contributed by atoms with E-state index in [1.54, 1.807) is 6.20 Å². The number of carbonyl (C=O) groups excluding carboxylic acids is 1. The van der Waals surface area contributed by atoms with E-state index in [0.29, 0.717) is 56.0 Å². The highest BCUT2D eigenvalue weighted by molar-refractivity contribution is 5.99. The summed E-state index contributed by atoms with van der Waals surface area (Å²) in [4.78, 5) is 22.8. The van der Waals surface area contributed by atoms with E-state index in [2.05, 4.69) is 22.6 Å². The SMILES string of the molecule is C=COCCOCCOc1ccn2c(C(=O)Cc3cccc4c3c(C3CC3)nn4Cc3cccc(C)n3)cnc2c1. The van der Waals surface area contributed by atoms with Crippen molar-refractivity contribution >= 4 is 22.3 Å². The number of carbonyl (C=O) groups is 1. The van der Waals surface area contributed by atoms with Crippen LogP contribution in [0.15, 0.2) is 73.8 Å². The first-order valence-electron chi connectivity index (χ1n) is 13.9. The summed E-state index contributed by atoms with van der Waals surface area (Å²) in [6.45, 7) is 7.86. The number of aryl methyl sites for hydroxylation is 1. The molecule has 41 heavy (non-hydrogen) atoms. The number of nitrogens with zero attached hydrogens (tertiary/aromatic N) is 5. The molecule has 9 nitrogen and oxygen atoms in total. The standard InChI is InChI=1S/C32H33N5O4/c1-3-39-14-15-40-16-17-41-26-12-13-36-28(20-33-30(36)19-26)29(38)18-24-7-5-9-27-31(24)32(23-10-11-23)35-37(27)21-25-8-4-6-22(2)34-25/h3-9,12-13,19-20,23H,1,10-11,14-18,21H2,2H3. The van der Waals surface area contributed by atoms with E-state index in [1.165, 1.54) is 6.26 Å². The number of imidazole rings is 1. The fourth-order valence-electron chi connectivity index (χ4n) is 5.12. The summed E-state index contributed by atoms with van der Waals surface area (Å²) in [7, 11) is 0. The van der Waals surface area contributed by atoms with Crippen molar-refractivity contribution in [3.63, 3.8) is 0 Å². The lowest BCUT2D eigenvalue weighted by Crippen LogP contribution is -2.10. The largest absolute Gasteiger partial charge is 0.499 e. The van der Waals surface area contributed by atoms with Crippen LogP contribution in [0.5, 0.6) is 5.75 Å². The van der Waals surface area contributed by atoms with Crippen LogP contribution >= 0.6 is 0 Å². The molecule has 9 heteroatoms. The predicted molar refractivity (Wildman–Crippen MR) is 155 cm³/mol. The number of benzene rings is 1. The molecule has 0 amide bonds. The zero-order valence-electron chi connectivity index (χ0n) is 23.2. The fourth-order valence-corrected chi connectivity index (χ4v) is 5.12. The fraction of sp³-hybridized carbons (Fsp3) is 0.312. The van der Waals surface area contributed by atoms with Gasteiger partial charge >= 0.3 is 0 Å². The van der Waals surface area contributed by atoms with Gasteiger partial charge in [0.2, 0.25) is 0 Å². The van der Waals surface area contributed by atoms with Gasteiger partial charge in [-0.3, -0.25) is 18.9 Å². The molecule has 1 aliphatic rings. The van der Waals surface area contributed by atoms with Gasteiger partial charge in [-0.25, -0.2) is 4.98 Å². The Morgan fingerprint density at radius 3 is 2.78 bits per heavy atom. The van der Waals surface area contributed by atoms with E-state index in [4.69, 9.17) is 19.3 Å². The Labute approximate surface area is 238 Å². The lowest BCUT2D eigenvalue weighted by molar-refractivity contribution is 0.0654. The molecule has 6 rings (SSSR count). The lowest BCUT2D eigenvalue weighted by atomic mass is 10.00. The summed E-state index contributed by atoms with van der Waals surface area (Å²) >= 11 is 0. The molecule has 0 N–H and O–H groups in total. The molecule has 0 atom stereocenters. The highest BCUT2D eigenvalue weighted by Gasteiger charge is 2.30. The van der Waals surface area contributed by atoms with Crippen molar-refractivity contribution in [1.82, 2.24) is 24.1 Å². The first-order valence-corrected chi connectivity index (χ1v) is 13.9. The van der Waals surface area contributed by atoms with Crippen LogP contribution in [0.3, 0.4) is 0 Å². The van der Waals surface area contributed by atoms with Gasteiger partial charge in [-0.2, -0.15) is 5.10 Å². The smallest absolute Gasteiger partial charge is 0.185 e. The van der Waals surface area contributed by atoms with Crippen LogP contribution in [-0.4, -0.2) is 56.4 Å². The third kappa shape index (κ3) is 6.00. The molecule has 5 aromatic rings. The second kappa shape index (κ2) is 11.9. The summed E-state index contributed by atoms with van der Waals surface area (Å²) in [5, 5.41) is 6.13. The van der Waals surface area contributed by atoms with Crippen LogP contribution < -0.4 is 4.74 Å². The zero-order chi connectivity index (χ0) is 28.2. The summed E-state index contributed by atoms with van der Waals surface area (Å²) in [6.07, 6.45) is 7.38. The third-order valence-corrected chi connectivity index (χ3v) is 7.19. The number of fused-ring (bicyclic) bond motifs is 2. The molecule has 0 aliphatic heterocycles. The number of ketones is 1. The highest BCUT2D eigenvalue weighted by Crippen LogP contribution is 2.43. The van der Waals surface area contributed by atoms with Crippen LogP contribution in [0.1, 0.15) is 51.9 Å². The Kier molecular flexibility index (Phi) is 7.78. The summed E-state index contributed by atoms with van der Waals surface area (Å²) < 4.78 is 20.1. The lowest BCUT2D eigenvalue weighted by Gasteiger charge is -2.08. The maximum absolute atomic E-state index is 13.6. The third-order valence-electron chi connectivity index (χ3n) is 7.19. The van der Waals surface area contributed by atoms with E-state index >= 15 is 0 Å². The van der Waals surface area contributed by atoms with Crippen molar-refractivity contribution in [3.8, 4) is 5.75 Å². The molecule has 1 aromatic carbocycles. The Morgan fingerprint density at radius 1 is 1.10 bits per heavy atom. The number of aromatic nitrogens is 5. The van der Waals surface area contributed by atoms with Gasteiger partial charge in [0.25, 0.3) is 0 Å². The van der Waals surface area contributed by atoms with Gasteiger partial charge in [-0.05, 0) is 49.6 Å². The maximum Gasteiger partial charge on any atom is 0.185 e. The number of rotatable bonds is 14. The average molecular weight is 552 g/mol. The van der Waals surface area contributed by atoms with E-state index in [0.717, 1.165) is 46.4 Å². The molecule has 0 bridgehead atoms. The van der Waals surface area contributed by atoms with Crippen molar-refractivity contribution in [2.45, 2.75) is 38.6 Å². The zero-order valence-corrected chi connectivity index (χ0v) is 23.2. The average Bonchev–Trinajstić information content (AvgIpc) is 3.63. The van der Waals surface area contributed by atoms with Crippen molar-refractivity contribution in [2.75, 3.05) is 26.4 Å². The van der Waals surface area contributed by atoms with Gasteiger partial charge in [0.1, 0.15) is 30.3 Å². The van der Waals surface area contributed by atoms with Gasteiger partial charge in [-0.1, -0.05) is 24.8 Å². The van der Waals surface area contributed by atoms with E-state index in [-0.39, 0.29) is 12.2 Å². The molecule has 0 unspecified atom stereocenters. The van der Waals surface area contributed by atoms with Gasteiger partial charge < -0.3 is 14.2 Å². The van der Waals surface area contributed by atoms with Crippen LogP contribution in [0.4, 0.5) is 0 Å². The monoisotopic (exact) mass is 551 g/mol. The molecule has 210 valence electrons. The molecule has 4 aromatic heterocycles. The second-order valence-electron chi connectivity index (χ2n) is 10.2. The first kappa shape index (κ1) is 26.7. The molecular weight excluding hydrogens is 518 g/mol. The van der Waals surface area contributed by atoms with Crippen molar-refractivity contribution < 1.29 is 19.0 Å². The second-order valence-corrected chi connectivity index (χ2v) is 10.2. The van der Waals surface area contributed by atoms with Gasteiger partial charge in [-0.15, -0.1) is 0 Å². The van der Waals surface area contributed by atoms with Crippen LogP contribution in [0.25, 0.3) is 16.6 Å². The summed E-state index contributed by atoms with van der Waals surface area (Å²) in [6, 6.07) is 15.9. The number of pyridine rings is 2. The normalized spacial score (nSPS) is 13.1. The Hall–Kier alpha value is -4.50. The predicted octanol–water partition coefficient (Wildman–Crippen LogP) is 5.29. The number of ether oxygens (including phenoxy) is 3. The Balaban J connectivity index is 1.19. The van der Waals surface area contributed by atoms with Crippen LogP contribution in [0.2, 0.25) is 0 Å². The summed E-state index contributed by atoms with van der Waals surface area (Å²) in [5.41, 5.74) is 6.27. The molecule has 1 fully saturated rings. The minimum atomic E-state index is 0.00339. The van der Waals surface area contributed by atoms with Crippen LogP contribution in [0, 0.1) is 6.92 Å². The van der Waals surface area contributed by atoms with Gasteiger partial charge in [0.05, 0.1) is 49.1 Å². The number of Topliss-reactive ketones (excluding diaryl/α,β-unsaturated/α-hetero) is 1. The molecule has 1 saturated carbocycles. The number of hydrogen-bond donors (Lipinski definition) is 0. The highest BCUT2D eigenvalue weighted by atomic mass is 16.5. The molecule has 0 radical (unpaired) electrons. The quantitative estimate of drug-likeness (QED) is 0.105. The molecule has 4 heterocycles. The topological polar surface area (TPSA) is 92.8 Å². The van der Waals surface area contributed by atoms with Crippen molar-refractivity contribution in [3.05, 3.63) is 102 Å². The first-order chi connectivity index (χ1) is 20.1. The minimum Gasteiger partial charge on any atom is -0.499 e. The van der Waals surface area contributed by atoms with Gasteiger partial charge in [0, 0.05) is 35.7 Å². The minimum absolute atomic E-state index is 0.00339. The Bertz CT molecular complexity index is 1700. The maximum atomic E-state index is 13.6. The van der Waals surface area contributed by atoms with E-state index in [1.807, 2.05) is 64.7 Å². The van der Waals surface area contributed by atoms with Crippen LogP contribution in [-0.2, 0) is 22.4 Å². The molecule has 0 spiro atoms. The van der Waals surface area contributed by atoms with Crippen molar-refractivity contribution in [2.24, 2.45) is 0 Å². The van der Waals surface area contributed by atoms with Crippen molar-refractivity contribution in [1.29, 1.82) is 0 Å². The number of hydrogen-bond acceptors (Lipinski definition) is 7. The van der Waals surface area contributed by atoms with E-state index < -0.39 is 0 Å². The molecule has 0 saturated heterocycles. The molecular formula is C32H33N5O4. The summed E-state index contributed by atoms with van der Waals surface area (Å²) in [5.74, 6) is 1.12. The molecule has 1 aliphatic carbocycles. The van der Waals surface area contributed by atoms with E-state index in [9.17, 15) is 4.79 Å².